The molecule has 1 heterocycles. The number of aliphatic hydroxyl groups is 1. The van der Waals surface area contributed by atoms with Crippen molar-refractivity contribution in [1.29, 1.82) is 0 Å². The summed E-state index contributed by atoms with van der Waals surface area (Å²) in [5, 5.41) is 11.9. The maximum Gasteiger partial charge on any atom is 0.230 e. The molecule has 2 aromatic rings. The molecule has 1 fully saturated rings. The molecular weight excluding hydrogens is 322 g/mol. The second-order valence-electron chi connectivity index (χ2n) is 6.24. The van der Waals surface area contributed by atoms with E-state index in [1.807, 2.05) is 36.6 Å². The number of aryl methyl sites for hydroxylation is 1. The third-order valence-electron chi connectivity index (χ3n) is 4.15. The summed E-state index contributed by atoms with van der Waals surface area (Å²) in [7, 11) is 0. The topological polar surface area (TPSA) is 56.7 Å². The fraction of sp³-hybridized carbons (Fsp3) is 0.444. The number of rotatable bonds is 7. The Balaban J connectivity index is 1.78. The Bertz CT molecular complexity index is 695. The molecular formula is C18H23N3O2S. The van der Waals surface area contributed by atoms with Crippen LogP contribution in [0.1, 0.15) is 31.0 Å². The van der Waals surface area contributed by atoms with Crippen molar-refractivity contribution < 1.29 is 9.90 Å². The van der Waals surface area contributed by atoms with Crippen LogP contribution in [0.2, 0.25) is 0 Å². The van der Waals surface area contributed by atoms with E-state index >= 15 is 0 Å². The van der Waals surface area contributed by atoms with Gasteiger partial charge in [-0.2, -0.15) is 0 Å². The Hall–Kier alpha value is -1.76. The Morgan fingerprint density at radius 2 is 2.04 bits per heavy atom. The van der Waals surface area contributed by atoms with E-state index in [9.17, 15) is 9.90 Å². The molecule has 0 spiro atoms. The van der Waals surface area contributed by atoms with Crippen LogP contribution < -0.4 is 4.90 Å². The van der Waals surface area contributed by atoms with Gasteiger partial charge in [0.1, 0.15) is 0 Å². The summed E-state index contributed by atoms with van der Waals surface area (Å²) >= 11 is 1.48. The van der Waals surface area contributed by atoms with Gasteiger partial charge in [-0.1, -0.05) is 17.7 Å². The highest BCUT2D eigenvalue weighted by molar-refractivity contribution is 7.14. The van der Waals surface area contributed by atoms with E-state index in [0.29, 0.717) is 17.7 Å². The molecule has 1 aromatic heterocycles. The number of anilines is 2. The largest absolute Gasteiger partial charge is 0.395 e. The van der Waals surface area contributed by atoms with E-state index in [1.54, 1.807) is 11.8 Å². The normalized spacial score (nSPS) is 14.2. The lowest BCUT2D eigenvalue weighted by Crippen LogP contribution is -2.29. The molecule has 1 saturated carbocycles. The number of aromatic nitrogens is 1. The van der Waals surface area contributed by atoms with Crippen LogP contribution in [-0.2, 0) is 11.3 Å². The molecule has 0 saturated heterocycles. The zero-order chi connectivity index (χ0) is 17.1. The van der Waals surface area contributed by atoms with Crippen molar-refractivity contribution in [3.8, 4) is 0 Å². The first-order chi connectivity index (χ1) is 11.6. The summed E-state index contributed by atoms with van der Waals surface area (Å²) in [4.78, 5) is 20.7. The van der Waals surface area contributed by atoms with Gasteiger partial charge in [-0.15, -0.1) is 11.3 Å². The monoisotopic (exact) mass is 345 g/mol. The minimum Gasteiger partial charge on any atom is -0.395 e. The predicted octanol–water partition coefficient (Wildman–Crippen LogP) is 3.09. The third-order valence-corrected chi connectivity index (χ3v) is 5.03. The molecule has 6 heteroatoms. The number of hydrogen-bond acceptors (Lipinski definition) is 5. The van der Waals surface area contributed by atoms with Crippen molar-refractivity contribution in [2.75, 3.05) is 18.1 Å². The van der Waals surface area contributed by atoms with Crippen molar-refractivity contribution in [3.63, 3.8) is 0 Å². The molecule has 0 unspecified atom stereocenters. The van der Waals surface area contributed by atoms with Gasteiger partial charge in [-0.3, -0.25) is 14.6 Å². The van der Waals surface area contributed by atoms with Gasteiger partial charge < -0.3 is 5.11 Å². The average molecular weight is 345 g/mol. The van der Waals surface area contributed by atoms with E-state index in [4.69, 9.17) is 0 Å². The van der Waals surface area contributed by atoms with Crippen LogP contribution in [0.5, 0.6) is 0 Å². The molecule has 0 atom stereocenters. The van der Waals surface area contributed by atoms with Crippen LogP contribution in [0.4, 0.5) is 10.8 Å². The van der Waals surface area contributed by atoms with Gasteiger partial charge in [0.15, 0.2) is 5.13 Å². The van der Waals surface area contributed by atoms with Crippen molar-refractivity contribution >= 4 is 28.1 Å². The number of nitrogens with zero attached hydrogens (tertiary/aromatic N) is 3. The van der Waals surface area contributed by atoms with Gasteiger partial charge in [0.2, 0.25) is 5.91 Å². The molecule has 24 heavy (non-hydrogen) atoms. The van der Waals surface area contributed by atoms with Gasteiger partial charge in [0.05, 0.1) is 18.0 Å². The molecule has 0 aliphatic heterocycles. The van der Waals surface area contributed by atoms with Gasteiger partial charge in [-0.25, -0.2) is 4.98 Å². The maximum absolute atomic E-state index is 12.1. The molecule has 0 bridgehead atoms. The average Bonchev–Trinajstić information content (AvgIpc) is 3.30. The number of benzene rings is 1. The number of hydrogen-bond donors (Lipinski definition) is 1. The summed E-state index contributed by atoms with van der Waals surface area (Å²) in [5.74, 6) is -0.0471. The third kappa shape index (κ3) is 4.01. The van der Waals surface area contributed by atoms with Crippen LogP contribution in [0.15, 0.2) is 29.6 Å². The lowest BCUT2D eigenvalue weighted by molar-refractivity contribution is -0.115. The highest BCUT2D eigenvalue weighted by atomic mass is 32.1. The predicted molar refractivity (Wildman–Crippen MR) is 96.6 cm³/mol. The first-order valence-corrected chi connectivity index (χ1v) is 9.13. The molecule has 1 N–H and O–H groups in total. The Labute approximate surface area is 146 Å². The smallest absolute Gasteiger partial charge is 0.230 e. The number of carbonyl (C=O) groups is 1. The van der Waals surface area contributed by atoms with Crippen LogP contribution >= 0.6 is 11.3 Å². The van der Waals surface area contributed by atoms with Crippen LogP contribution in [-0.4, -0.2) is 40.1 Å². The minimum absolute atomic E-state index is 0.0471. The molecule has 5 nitrogen and oxygen atoms in total. The summed E-state index contributed by atoms with van der Waals surface area (Å²) in [5.41, 5.74) is 2.95. The van der Waals surface area contributed by atoms with E-state index in [2.05, 4.69) is 9.88 Å². The molecule has 3 rings (SSSR count). The van der Waals surface area contributed by atoms with Crippen molar-refractivity contribution in [2.45, 2.75) is 39.3 Å². The van der Waals surface area contributed by atoms with E-state index in [-0.39, 0.29) is 12.5 Å². The van der Waals surface area contributed by atoms with Gasteiger partial charge in [-0.05, 0) is 31.9 Å². The van der Waals surface area contributed by atoms with Crippen LogP contribution in [0, 0.1) is 6.92 Å². The summed E-state index contributed by atoms with van der Waals surface area (Å²) in [6.07, 6.45) is 2.39. The zero-order valence-corrected chi connectivity index (χ0v) is 14.9. The molecule has 1 amide bonds. The van der Waals surface area contributed by atoms with E-state index in [1.165, 1.54) is 24.2 Å². The number of amides is 1. The highest BCUT2D eigenvalue weighted by Gasteiger charge is 2.29. The Morgan fingerprint density at radius 3 is 2.62 bits per heavy atom. The number of aliphatic hydroxyl groups excluding tert-OH is 1. The second-order valence-corrected chi connectivity index (χ2v) is 7.07. The van der Waals surface area contributed by atoms with Gasteiger partial charge in [0.25, 0.3) is 0 Å². The fourth-order valence-electron chi connectivity index (χ4n) is 2.76. The molecule has 1 aliphatic carbocycles. The van der Waals surface area contributed by atoms with Gasteiger partial charge in [0, 0.05) is 31.4 Å². The highest BCUT2D eigenvalue weighted by Crippen LogP contribution is 2.31. The Morgan fingerprint density at radius 1 is 1.33 bits per heavy atom. The molecule has 128 valence electrons. The molecule has 1 aromatic carbocycles. The first kappa shape index (κ1) is 17.1. The number of carbonyl (C=O) groups excluding carboxylic acids is 1. The van der Waals surface area contributed by atoms with Crippen molar-refractivity contribution in [3.05, 3.63) is 40.9 Å². The lowest BCUT2D eigenvalue weighted by atomic mass is 10.2. The lowest BCUT2D eigenvalue weighted by Gasteiger charge is -2.20. The standard InChI is InChI=1S/C18H23N3O2S/c1-13-3-5-17(6-4-13)21(14(2)23)18-19-15(12-24-18)11-20(9-10-22)16-7-8-16/h3-6,12,16,22H,7-11H2,1-2H3. The summed E-state index contributed by atoms with van der Waals surface area (Å²) in [6.45, 7) is 5.14. The molecule has 0 radical (unpaired) electrons. The minimum atomic E-state index is -0.0471. The maximum atomic E-state index is 12.1. The van der Waals surface area contributed by atoms with Crippen molar-refractivity contribution in [1.82, 2.24) is 9.88 Å². The number of thiazole rings is 1. The Kier molecular flexibility index (Phi) is 5.28. The van der Waals surface area contributed by atoms with Crippen LogP contribution in [0.3, 0.4) is 0 Å². The fourth-order valence-corrected chi connectivity index (χ4v) is 3.64. The SMILES string of the molecule is CC(=O)N(c1ccc(C)cc1)c1nc(CN(CCO)C2CC2)cs1. The van der Waals surface area contributed by atoms with Crippen molar-refractivity contribution in [2.24, 2.45) is 0 Å². The van der Waals surface area contributed by atoms with Gasteiger partial charge >= 0.3 is 0 Å². The van der Waals surface area contributed by atoms with E-state index < -0.39 is 0 Å². The first-order valence-electron chi connectivity index (χ1n) is 8.25. The second kappa shape index (κ2) is 7.42. The van der Waals surface area contributed by atoms with Crippen LogP contribution in [0.25, 0.3) is 0 Å². The van der Waals surface area contributed by atoms with E-state index in [0.717, 1.165) is 23.5 Å². The summed E-state index contributed by atoms with van der Waals surface area (Å²) in [6, 6.07) is 8.45. The summed E-state index contributed by atoms with van der Waals surface area (Å²) < 4.78 is 0. The zero-order valence-electron chi connectivity index (χ0n) is 14.1. The molecule has 1 aliphatic rings. The quantitative estimate of drug-likeness (QED) is 0.838.